The van der Waals surface area contributed by atoms with Crippen LogP contribution in [0.15, 0.2) is 12.3 Å². The molecule has 1 aromatic rings. The van der Waals surface area contributed by atoms with Crippen LogP contribution < -0.4 is 10.6 Å². The first kappa shape index (κ1) is 15.1. The van der Waals surface area contributed by atoms with Gasteiger partial charge in [-0.25, -0.2) is 4.98 Å². The summed E-state index contributed by atoms with van der Waals surface area (Å²) in [6.07, 6.45) is 4.81. The molecule has 1 aliphatic carbocycles. The number of nitrogens with one attached hydrogen (secondary N) is 2. The molecule has 0 radical (unpaired) electrons. The molecule has 1 aliphatic rings. The predicted molar refractivity (Wildman–Crippen MR) is 79.3 cm³/mol. The molecule has 2 rings (SSSR count). The van der Waals surface area contributed by atoms with Gasteiger partial charge in [-0.3, -0.25) is 4.79 Å². The van der Waals surface area contributed by atoms with Crippen LogP contribution in [0.3, 0.4) is 0 Å². The van der Waals surface area contributed by atoms with E-state index in [-0.39, 0.29) is 11.3 Å². The van der Waals surface area contributed by atoms with Crippen molar-refractivity contribution in [1.29, 1.82) is 0 Å². The van der Waals surface area contributed by atoms with Gasteiger partial charge in [-0.05, 0) is 30.7 Å². The van der Waals surface area contributed by atoms with Crippen LogP contribution in [0, 0.1) is 5.41 Å². The van der Waals surface area contributed by atoms with Crippen molar-refractivity contribution in [3.05, 3.63) is 22.8 Å². The van der Waals surface area contributed by atoms with Gasteiger partial charge >= 0.3 is 0 Å². The van der Waals surface area contributed by atoms with E-state index in [2.05, 4.69) is 15.6 Å². The molecule has 0 spiro atoms. The molecule has 1 amide bonds. The number of methoxy groups -OCH3 is 1. The quantitative estimate of drug-likeness (QED) is 0.811. The van der Waals surface area contributed by atoms with Gasteiger partial charge in [-0.15, -0.1) is 0 Å². The number of rotatable bonds is 7. The minimum Gasteiger partial charge on any atom is -0.385 e. The topological polar surface area (TPSA) is 63.2 Å². The zero-order valence-electron chi connectivity index (χ0n) is 11.8. The highest BCUT2D eigenvalue weighted by atomic mass is 35.5. The second-order valence-corrected chi connectivity index (χ2v) is 5.64. The zero-order valence-corrected chi connectivity index (χ0v) is 12.6. The van der Waals surface area contributed by atoms with Crippen LogP contribution in [0.4, 0.5) is 5.82 Å². The average Bonchev–Trinajstić information content (AvgIpc) is 3.23. The van der Waals surface area contributed by atoms with Crippen molar-refractivity contribution in [2.75, 3.05) is 32.6 Å². The van der Waals surface area contributed by atoms with E-state index in [1.54, 1.807) is 20.2 Å². The first-order valence-electron chi connectivity index (χ1n) is 6.71. The van der Waals surface area contributed by atoms with Gasteiger partial charge in [0.15, 0.2) is 0 Å². The number of hydrogen-bond donors (Lipinski definition) is 2. The van der Waals surface area contributed by atoms with Gasteiger partial charge in [-0.2, -0.15) is 0 Å². The Kier molecular flexibility index (Phi) is 4.83. The smallest absolute Gasteiger partial charge is 0.252 e. The van der Waals surface area contributed by atoms with Gasteiger partial charge < -0.3 is 15.4 Å². The number of carbonyl (C=O) groups is 1. The molecule has 20 heavy (non-hydrogen) atoms. The van der Waals surface area contributed by atoms with Crippen molar-refractivity contribution in [3.8, 4) is 0 Å². The van der Waals surface area contributed by atoms with Crippen LogP contribution in [-0.4, -0.2) is 38.2 Å². The van der Waals surface area contributed by atoms with Crippen molar-refractivity contribution >= 4 is 23.3 Å². The largest absolute Gasteiger partial charge is 0.385 e. The first-order chi connectivity index (χ1) is 9.60. The summed E-state index contributed by atoms with van der Waals surface area (Å²) in [5.41, 5.74) is 0.713. The zero-order chi connectivity index (χ0) is 14.6. The van der Waals surface area contributed by atoms with E-state index >= 15 is 0 Å². The van der Waals surface area contributed by atoms with E-state index in [1.165, 1.54) is 6.20 Å². The third kappa shape index (κ3) is 3.61. The van der Waals surface area contributed by atoms with Gasteiger partial charge in [0, 0.05) is 33.5 Å². The van der Waals surface area contributed by atoms with E-state index in [9.17, 15) is 4.79 Å². The first-order valence-corrected chi connectivity index (χ1v) is 7.08. The fourth-order valence-corrected chi connectivity index (χ4v) is 2.39. The monoisotopic (exact) mass is 297 g/mol. The highest BCUT2D eigenvalue weighted by molar-refractivity contribution is 6.33. The number of hydrogen-bond acceptors (Lipinski definition) is 4. The molecule has 0 saturated heterocycles. The number of pyridine rings is 1. The van der Waals surface area contributed by atoms with Crippen LogP contribution in [0.2, 0.25) is 5.02 Å². The van der Waals surface area contributed by atoms with Gasteiger partial charge in [0.05, 0.1) is 10.6 Å². The number of ether oxygens (including phenoxy) is 1. The Morgan fingerprint density at radius 2 is 2.30 bits per heavy atom. The Morgan fingerprint density at radius 3 is 2.85 bits per heavy atom. The minimum absolute atomic E-state index is 0.134. The molecule has 1 saturated carbocycles. The molecule has 0 aromatic carbocycles. The lowest BCUT2D eigenvalue weighted by atomic mass is 10.0. The van der Waals surface area contributed by atoms with Crippen molar-refractivity contribution < 1.29 is 9.53 Å². The molecule has 0 bridgehead atoms. The SMILES string of the molecule is CNc1ncc(C(=O)NCC2(CCOC)CC2)cc1Cl. The van der Waals surface area contributed by atoms with Gasteiger partial charge in [0.25, 0.3) is 5.91 Å². The third-order valence-corrected chi connectivity index (χ3v) is 4.05. The molecular weight excluding hydrogens is 278 g/mol. The number of aromatic nitrogens is 1. The van der Waals surface area contributed by atoms with Crippen molar-refractivity contribution in [2.24, 2.45) is 5.41 Å². The summed E-state index contributed by atoms with van der Waals surface area (Å²) in [4.78, 5) is 16.2. The summed E-state index contributed by atoms with van der Waals surface area (Å²) in [6.45, 7) is 1.42. The molecule has 1 aromatic heterocycles. The van der Waals surface area contributed by atoms with E-state index in [0.29, 0.717) is 22.9 Å². The highest BCUT2D eigenvalue weighted by Crippen LogP contribution is 2.48. The highest BCUT2D eigenvalue weighted by Gasteiger charge is 2.42. The van der Waals surface area contributed by atoms with Crippen LogP contribution in [0.5, 0.6) is 0 Å². The molecule has 1 heterocycles. The molecule has 0 aliphatic heterocycles. The average molecular weight is 298 g/mol. The fourth-order valence-electron chi connectivity index (χ4n) is 2.13. The maximum atomic E-state index is 12.1. The molecule has 1 fully saturated rings. The van der Waals surface area contributed by atoms with E-state index < -0.39 is 0 Å². The molecule has 2 N–H and O–H groups in total. The Morgan fingerprint density at radius 1 is 1.55 bits per heavy atom. The summed E-state index contributed by atoms with van der Waals surface area (Å²) in [5, 5.41) is 6.27. The second kappa shape index (κ2) is 6.41. The summed E-state index contributed by atoms with van der Waals surface area (Å²) in [5.74, 6) is 0.438. The summed E-state index contributed by atoms with van der Waals surface area (Å²) in [7, 11) is 3.44. The van der Waals surface area contributed by atoms with Crippen molar-refractivity contribution in [3.63, 3.8) is 0 Å². The molecule has 6 heteroatoms. The molecule has 5 nitrogen and oxygen atoms in total. The lowest BCUT2D eigenvalue weighted by Crippen LogP contribution is -2.30. The fraction of sp³-hybridized carbons (Fsp3) is 0.571. The minimum atomic E-state index is -0.134. The van der Waals surface area contributed by atoms with E-state index in [1.807, 2.05) is 0 Å². The Bertz CT molecular complexity index is 489. The Labute approximate surface area is 124 Å². The third-order valence-electron chi connectivity index (χ3n) is 3.76. The van der Waals surface area contributed by atoms with Crippen molar-refractivity contribution in [2.45, 2.75) is 19.3 Å². The number of nitrogens with zero attached hydrogens (tertiary/aromatic N) is 1. The summed E-state index contributed by atoms with van der Waals surface area (Å²) >= 11 is 6.02. The van der Waals surface area contributed by atoms with Crippen molar-refractivity contribution in [1.82, 2.24) is 10.3 Å². The Hall–Kier alpha value is -1.33. The molecule has 110 valence electrons. The van der Waals surface area contributed by atoms with E-state index in [4.69, 9.17) is 16.3 Å². The van der Waals surface area contributed by atoms with Crippen LogP contribution in [0.25, 0.3) is 0 Å². The van der Waals surface area contributed by atoms with E-state index in [0.717, 1.165) is 25.9 Å². The molecular formula is C14H20ClN3O2. The van der Waals surface area contributed by atoms with Crippen LogP contribution in [-0.2, 0) is 4.74 Å². The standard InChI is InChI=1S/C14H20ClN3O2/c1-16-12-11(15)7-10(8-17-12)13(19)18-9-14(3-4-14)5-6-20-2/h7-8H,3-6,9H2,1-2H3,(H,16,17)(H,18,19). The number of carbonyl (C=O) groups excluding carboxylic acids is 1. The predicted octanol–water partition coefficient (Wildman–Crippen LogP) is 2.32. The normalized spacial score (nSPS) is 15.8. The van der Waals surface area contributed by atoms with Crippen LogP contribution >= 0.6 is 11.6 Å². The van der Waals surface area contributed by atoms with Crippen LogP contribution in [0.1, 0.15) is 29.6 Å². The van der Waals surface area contributed by atoms with Gasteiger partial charge in [0.2, 0.25) is 0 Å². The molecule has 0 atom stereocenters. The number of halogens is 1. The van der Waals surface area contributed by atoms with Gasteiger partial charge in [-0.1, -0.05) is 11.6 Å². The second-order valence-electron chi connectivity index (χ2n) is 5.23. The lowest BCUT2D eigenvalue weighted by molar-refractivity contribution is 0.0937. The number of amides is 1. The van der Waals surface area contributed by atoms with Gasteiger partial charge in [0.1, 0.15) is 5.82 Å². The maximum Gasteiger partial charge on any atom is 0.252 e. The number of anilines is 1. The molecule has 0 unspecified atom stereocenters. The summed E-state index contributed by atoms with van der Waals surface area (Å²) < 4.78 is 5.10. The Balaban J connectivity index is 1.90. The lowest BCUT2D eigenvalue weighted by Gasteiger charge is -2.15. The summed E-state index contributed by atoms with van der Waals surface area (Å²) in [6, 6.07) is 1.63. The maximum absolute atomic E-state index is 12.1.